The summed E-state index contributed by atoms with van der Waals surface area (Å²) in [7, 11) is 0. The van der Waals surface area contributed by atoms with Crippen LogP contribution in [0.1, 0.15) is 44.7 Å². The molecule has 1 aliphatic heterocycles. The number of hydrogen-bond donors (Lipinski definition) is 2. The van der Waals surface area contributed by atoms with Crippen molar-refractivity contribution in [3.05, 3.63) is 40.3 Å². The first kappa shape index (κ1) is 22.1. The highest BCUT2D eigenvalue weighted by atomic mass is 32.2. The predicted molar refractivity (Wildman–Crippen MR) is 115 cm³/mol. The molecular weight excluding hydrogens is 396 g/mol. The van der Waals surface area contributed by atoms with E-state index in [1.165, 1.54) is 22.2 Å². The fourth-order valence-electron chi connectivity index (χ4n) is 2.53. The van der Waals surface area contributed by atoms with Gasteiger partial charge in [-0.3, -0.25) is 19.3 Å². The molecule has 0 aliphatic carbocycles. The molecule has 6 nitrogen and oxygen atoms in total. The average Bonchev–Trinajstić information content (AvgIpc) is 2.86. The Balaban J connectivity index is 1.98. The first-order chi connectivity index (χ1) is 13.1. The number of amides is 2. The molecule has 1 aromatic carbocycles. The lowest BCUT2D eigenvalue weighted by atomic mass is 9.87. The second kappa shape index (κ2) is 9.34. The van der Waals surface area contributed by atoms with E-state index in [-0.39, 0.29) is 36.7 Å². The number of carbonyl (C=O) groups is 3. The highest BCUT2D eigenvalue weighted by molar-refractivity contribution is 8.26. The van der Waals surface area contributed by atoms with Gasteiger partial charge in [0, 0.05) is 13.0 Å². The third-order valence-electron chi connectivity index (χ3n) is 4.14. The molecule has 1 heterocycles. The van der Waals surface area contributed by atoms with Crippen molar-refractivity contribution in [3.63, 3.8) is 0 Å². The van der Waals surface area contributed by atoms with E-state index >= 15 is 0 Å². The zero-order chi connectivity index (χ0) is 20.9. The Labute approximate surface area is 174 Å². The number of hydrogen-bond acceptors (Lipinski definition) is 5. The van der Waals surface area contributed by atoms with E-state index in [4.69, 9.17) is 17.3 Å². The molecule has 2 amide bonds. The fraction of sp³-hybridized carbons (Fsp3) is 0.400. The maximum Gasteiger partial charge on any atom is 0.303 e. The third kappa shape index (κ3) is 6.17. The molecule has 0 atom stereocenters. The second-order valence-corrected chi connectivity index (χ2v) is 9.16. The first-order valence-electron chi connectivity index (χ1n) is 8.92. The van der Waals surface area contributed by atoms with E-state index in [2.05, 4.69) is 26.1 Å². The van der Waals surface area contributed by atoms with Crippen molar-refractivity contribution in [1.82, 2.24) is 10.2 Å². The Morgan fingerprint density at radius 1 is 1.25 bits per heavy atom. The summed E-state index contributed by atoms with van der Waals surface area (Å²) >= 11 is 6.41. The molecule has 2 rings (SSSR count). The van der Waals surface area contributed by atoms with E-state index < -0.39 is 5.97 Å². The van der Waals surface area contributed by atoms with Crippen molar-refractivity contribution >= 4 is 52.2 Å². The van der Waals surface area contributed by atoms with E-state index in [9.17, 15) is 14.4 Å². The van der Waals surface area contributed by atoms with Gasteiger partial charge in [0.2, 0.25) is 5.91 Å². The number of benzene rings is 1. The van der Waals surface area contributed by atoms with Gasteiger partial charge in [-0.2, -0.15) is 0 Å². The number of nitrogens with one attached hydrogen (secondary N) is 1. The zero-order valence-electron chi connectivity index (χ0n) is 16.2. The van der Waals surface area contributed by atoms with E-state index in [1.807, 2.05) is 24.3 Å². The number of rotatable bonds is 7. The molecule has 1 fully saturated rings. The standard InChI is InChI=1S/C20H24N2O4S2/c1-20(2,3)14-8-6-13(7-9-14)11-15-18(26)22(19(27)28-15)12-16(23)21-10-4-5-17(24)25/h6-9,11H,4-5,10,12H2,1-3H3,(H,21,23)(H,24,25)/b15-11-. The lowest BCUT2D eigenvalue weighted by molar-refractivity contribution is -0.137. The monoisotopic (exact) mass is 420 g/mol. The van der Waals surface area contributed by atoms with Crippen molar-refractivity contribution in [2.45, 2.75) is 39.0 Å². The Hall–Kier alpha value is -2.19. The van der Waals surface area contributed by atoms with Crippen LogP contribution in [0.5, 0.6) is 0 Å². The van der Waals surface area contributed by atoms with Crippen LogP contribution in [-0.2, 0) is 19.8 Å². The summed E-state index contributed by atoms with van der Waals surface area (Å²) in [5.41, 5.74) is 2.16. The summed E-state index contributed by atoms with van der Waals surface area (Å²) in [6.45, 7) is 6.49. The number of aliphatic carboxylic acids is 1. The summed E-state index contributed by atoms with van der Waals surface area (Å²) in [6.07, 6.45) is 2.10. The van der Waals surface area contributed by atoms with E-state index in [1.54, 1.807) is 6.08 Å². The number of carbonyl (C=O) groups excluding carboxylic acids is 2. The van der Waals surface area contributed by atoms with Crippen LogP contribution in [0.4, 0.5) is 0 Å². The lowest BCUT2D eigenvalue weighted by Crippen LogP contribution is -2.39. The summed E-state index contributed by atoms with van der Waals surface area (Å²) in [5.74, 6) is -1.57. The largest absolute Gasteiger partial charge is 0.481 e. The minimum Gasteiger partial charge on any atom is -0.481 e. The lowest BCUT2D eigenvalue weighted by Gasteiger charge is -2.18. The smallest absolute Gasteiger partial charge is 0.303 e. The van der Waals surface area contributed by atoms with Gasteiger partial charge in [0.15, 0.2) is 0 Å². The van der Waals surface area contributed by atoms with Gasteiger partial charge in [0.1, 0.15) is 10.9 Å². The predicted octanol–water partition coefficient (Wildman–Crippen LogP) is 3.17. The molecule has 0 aromatic heterocycles. The van der Waals surface area contributed by atoms with Crippen molar-refractivity contribution in [2.24, 2.45) is 0 Å². The fourth-order valence-corrected chi connectivity index (χ4v) is 3.79. The van der Waals surface area contributed by atoms with Crippen molar-refractivity contribution in [1.29, 1.82) is 0 Å². The van der Waals surface area contributed by atoms with E-state index in [0.29, 0.717) is 15.6 Å². The molecule has 8 heteroatoms. The number of nitrogens with zero attached hydrogens (tertiary/aromatic N) is 1. The van der Waals surface area contributed by atoms with Crippen molar-refractivity contribution < 1.29 is 19.5 Å². The van der Waals surface area contributed by atoms with Crippen LogP contribution in [-0.4, -0.2) is 45.2 Å². The number of carboxylic acids is 1. The van der Waals surface area contributed by atoms with Gasteiger partial charge >= 0.3 is 5.97 Å². The topological polar surface area (TPSA) is 86.7 Å². The van der Waals surface area contributed by atoms with Crippen molar-refractivity contribution in [3.8, 4) is 0 Å². The zero-order valence-corrected chi connectivity index (χ0v) is 17.8. The summed E-state index contributed by atoms with van der Waals surface area (Å²) in [6, 6.07) is 8.00. The van der Waals surface area contributed by atoms with Crippen LogP contribution in [0.25, 0.3) is 6.08 Å². The minimum absolute atomic E-state index is 0.0158. The molecule has 28 heavy (non-hydrogen) atoms. The van der Waals surface area contributed by atoms with Crippen LogP contribution in [0.15, 0.2) is 29.2 Å². The second-order valence-electron chi connectivity index (χ2n) is 7.49. The van der Waals surface area contributed by atoms with Gasteiger partial charge in [0.05, 0.1) is 4.91 Å². The molecule has 1 saturated heterocycles. The molecule has 1 aliphatic rings. The Morgan fingerprint density at radius 3 is 2.46 bits per heavy atom. The minimum atomic E-state index is -0.910. The summed E-state index contributed by atoms with van der Waals surface area (Å²) in [5, 5.41) is 11.2. The van der Waals surface area contributed by atoms with Gasteiger partial charge in [0.25, 0.3) is 5.91 Å². The van der Waals surface area contributed by atoms with Gasteiger partial charge in [-0.15, -0.1) is 0 Å². The van der Waals surface area contributed by atoms with Gasteiger partial charge in [-0.1, -0.05) is 69.0 Å². The summed E-state index contributed by atoms with van der Waals surface area (Å²) in [4.78, 5) is 36.8. The number of thioether (sulfide) groups is 1. The molecule has 0 radical (unpaired) electrons. The molecule has 0 saturated carbocycles. The summed E-state index contributed by atoms with van der Waals surface area (Å²) < 4.78 is 0.336. The average molecular weight is 421 g/mol. The van der Waals surface area contributed by atoms with Crippen molar-refractivity contribution in [2.75, 3.05) is 13.1 Å². The first-order valence-corrected chi connectivity index (χ1v) is 10.1. The normalized spacial score (nSPS) is 16.0. The van der Waals surface area contributed by atoms with Gasteiger partial charge in [-0.05, 0) is 29.0 Å². The third-order valence-corrected chi connectivity index (χ3v) is 5.52. The van der Waals surface area contributed by atoms with Gasteiger partial charge < -0.3 is 10.4 Å². The van der Waals surface area contributed by atoms with Crippen LogP contribution in [0.3, 0.4) is 0 Å². The Bertz CT molecular complexity index is 810. The number of carboxylic acid groups (broad SMARTS) is 1. The van der Waals surface area contributed by atoms with Crippen LogP contribution in [0, 0.1) is 0 Å². The molecule has 150 valence electrons. The van der Waals surface area contributed by atoms with E-state index in [0.717, 1.165) is 5.56 Å². The number of thiocarbonyl (C=S) groups is 1. The molecule has 0 unspecified atom stereocenters. The molecular formula is C20H24N2O4S2. The SMILES string of the molecule is CC(C)(C)c1ccc(/C=C2\SC(=S)N(CC(=O)NCCCC(=O)O)C2=O)cc1. The molecule has 1 aromatic rings. The highest BCUT2D eigenvalue weighted by Gasteiger charge is 2.33. The maximum absolute atomic E-state index is 12.6. The Morgan fingerprint density at radius 2 is 1.89 bits per heavy atom. The Kier molecular flexibility index (Phi) is 7.37. The van der Waals surface area contributed by atoms with Crippen LogP contribution < -0.4 is 5.32 Å². The molecule has 2 N–H and O–H groups in total. The molecule has 0 spiro atoms. The van der Waals surface area contributed by atoms with Gasteiger partial charge in [-0.25, -0.2) is 0 Å². The molecule has 0 bridgehead atoms. The highest BCUT2D eigenvalue weighted by Crippen LogP contribution is 2.32. The van der Waals surface area contributed by atoms with Crippen LogP contribution in [0.2, 0.25) is 0 Å². The quantitative estimate of drug-likeness (QED) is 0.400. The van der Waals surface area contributed by atoms with Crippen LogP contribution >= 0.6 is 24.0 Å². The maximum atomic E-state index is 12.6.